The van der Waals surface area contributed by atoms with E-state index in [2.05, 4.69) is 5.32 Å². The molecule has 0 unspecified atom stereocenters. The maximum absolute atomic E-state index is 11.8. The molecule has 1 aromatic carbocycles. The largest absolute Gasteiger partial charge is 0.508 e. The molecule has 0 aromatic heterocycles. The van der Waals surface area contributed by atoms with Crippen LogP contribution >= 0.6 is 0 Å². The molecule has 0 aliphatic rings. The summed E-state index contributed by atoms with van der Waals surface area (Å²) in [6.07, 6.45) is 0.776. The Hall–Kier alpha value is -1.71. The van der Waals surface area contributed by atoms with E-state index in [0.717, 1.165) is 6.42 Å². The summed E-state index contributed by atoms with van der Waals surface area (Å²) in [5.41, 5.74) is -0.254. The number of carbonyl (C=O) groups excluding carboxylic acids is 1. The number of amides is 1. The minimum absolute atomic E-state index is 0.0442. The Morgan fingerprint density at radius 3 is 2.56 bits per heavy atom. The fourth-order valence-electron chi connectivity index (χ4n) is 1.17. The molecule has 3 N–H and O–H groups in total. The van der Waals surface area contributed by atoms with Gasteiger partial charge in [-0.05, 0) is 38.5 Å². The summed E-state index contributed by atoms with van der Waals surface area (Å²) < 4.78 is 0. The molecular weight excluding hydrogens is 206 g/mol. The van der Waals surface area contributed by atoms with Crippen molar-refractivity contribution in [2.75, 3.05) is 0 Å². The highest BCUT2D eigenvalue weighted by Crippen LogP contribution is 2.22. The highest BCUT2D eigenvalue weighted by Gasteiger charge is 2.20. The van der Waals surface area contributed by atoms with Gasteiger partial charge in [0, 0.05) is 5.54 Å². The smallest absolute Gasteiger partial charge is 0.255 e. The van der Waals surface area contributed by atoms with Gasteiger partial charge in [-0.1, -0.05) is 6.92 Å². The van der Waals surface area contributed by atoms with E-state index in [4.69, 9.17) is 0 Å². The van der Waals surface area contributed by atoms with Crippen molar-refractivity contribution in [1.29, 1.82) is 0 Å². The summed E-state index contributed by atoms with van der Waals surface area (Å²) in [4.78, 5) is 11.8. The Kier molecular flexibility index (Phi) is 3.42. The van der Waals surface area contributed by atoms with Gasteiger partial charge in [-0.3, -0.25) is 4.79 Å². The molecule has 0 aliphatic heterocycles. The van der Waals surface area contributed by atoms with Gasteiger partial charge in [0.25, 0.3) is 5.91 Å². The van der Waals surface area contributed by atoms with Crippen LogP contribution in [0.5, 0.6) is 11.5 Å². The summed E-state index contributed by atoms with van der Waals surface area (Å²) in [5.74, 6) is -0.570. The molecule has 1 rings (SSSR count). The van der Waals surface area contributed by atoms with Crippen molar-refractivity contribution in [1.82, 2.24) is 5.32 Å². The third-order valence-corrected chi connectivity index (χ3v) is 2.56. The van der Waals surface area contributed by atoms with E-state index in [0.29, 0.717) is 0 Å². The number of phenols is 2. The maximum atomic E-state index is 11.8. The molecule has 88 valence electrons. The van der Waals surface area contributed by atoms with Crippen LogP contribution in [0.1, 0.15) is 37.6 Å². The molecule has 1 aromatic rings. The Bertz CT molecular complexity index is 399. The Balaban J connectivity index is 2.93. The number of rotatable bonds is 3. The predicted molar refractivity (Wildman–Crippen MR) is 61.6 cm³/mol. The van der Waals surface area contributed by atoms with Gasteiger partial charge in [0.2, 0.25) is 0 Å². The summed E-state index contributed by atoms with van der Waals surface area (Å²) in [6, 6.07) is 3.87. The topological polar surface area (TPSA) is 69.6 Å². The van der Waals surface area contributed by atoms with Gasteiger partial charge in [-0.15, -0.1) is 0 Å². The van der Waals surface area contributed by atoms with Crippen molar-refractivity contribution in [2.45, 2.75) is 32.7 Å². The van der Waals surface area contributed by atoms with Crippen molar-refractivity contribution in [3.8, 4) is 11.5 Å². The number of carbonyl (C=O) groups is 1. The van der Waals surface area contributed by atoms with Gasteiger partial charge in [0.15, 0.2) is 0 Å². The summed E-state index contributed by atoms with van der Waals surface area (Å²) in [6.45, 7) is 5.75. The highest BCUT2D eigenvalue weighted by molar-refractivity contribution is 5.97. The van der Waals surface area contributed by atoms with Crippen LogP contribution in [-0.4, -0.2) is 21.7 Å². The third-order valence-electron chi connectivity index (χ3n) is 2.56. The van der Waals surface area contributed by atoms with Gasteiger partial charge in [-0.2, -0.15) is 0 Å². The molecule has 16 heavy (non-hydrogen) atoms. The predicted octanol–water partition coefficient (Wildman–Crippen LogP) is 2.02. The maximum Gasteiger partial charge on any atom is 0.255 e. The lowest BCUT2D eigenvalue weighted by Crippen LogP contribution is -2.42. The zero-order valence-corrected chi connectivity index (χ0v) is 9.74. The number of hydrogen-bond donors (Lipinski definition) is 3. The number of benzene rings is 1. The van der Waals surface area contributed by atoms with Crippen LogP contribution in [0, 0.1) is 0 Å². The van der Waals surface area contributed by atoms with E-state index in [1.165, 1.54) is 18.2 Å². The molecule has 4 nitrogen and oxygen atoms in total. The van der Waals surface area contributed by atoms with E-state index >= 15 is 0 Å². The van der Waals surface area contributed by atoms with Crippen LogP contribution < -0.4 is 5.32 Å². The van der Waals surface area contributed by atoms with Crippen LogP contribution in [-0.2, 0) is 0 Å². The standard InChI is InChI=1S/C12H17NO3/c1-4-12(2,3)13-11(16)9-7-8(14)5-6-10(9)15/h5-7,14-15H,4H2,1-3H3,(H,13,16). The lowest BCUT2D eigenvalue weighted by Gasteiger charge is -2.24. The molecule has 0 saturated heterocycles. The first-order chi connectivity index (χ1) is 7.35. The van der Waals surface area contributed by atoms with E-state index in [9.17, 15) is 15.0 Å². The Morgan fingerprint density at radius 2 is 2.00 bits per heavy atom. The molecule has 1 amide bonds. The minimum atomic E-state index is -0.389. The summed E-state index contributed by atoms with van der Waals surface area (Å²) >= 11 is 0. The molecule has 0 spiro atoms. The van der Waals surface area contributed by atoms with E-state index in [-0.39, 0.29) is 28.5 Å². The second-order valence-electron chi connectivity index (χ2n) is 4.39. The summed E-state index contributed by atoms with van der Waals surface area (Å²) in [7, 11) is 0. The second kappa shape index (κ2) is 4.43. The van der Waals surface area contributed by atoms with Gasteiger partial charge in [0.05, 0.1) is 5.56 Å². The summed E-state index contributed by atoms with van der Waals surface area (Å²) in [5, 5.41) is 21.5. The lowest BCUT2D eigenvalue weighted by molar-refractivity contribution is 0.0908. The van der Waals surface area contributed by atoms with Crippen molar-refractivity contribution in [3.05, 3.63) is 23.8 Å². The SMILES string of the molecule is CCC(C)(C)NC(=O)c1cc(O)ccc1O. The fraction of sp³-hybridized carbons (Fsp3) is 0.417. The fourth-order valence-corrected chi connectivity index (χ4v) is 1.17. The average Bonchev–Trinajstić information content (AvgIpc) is 2.21. The lowest BCUT2D eigenvalue weighted by atomic mass is 10.0. The van der Waals surface area contributed by atoms with Crippen molar-refractivity contribution in [3.63, 3.8) is 0 Å². The molecule has 0 radical (unpaired) electrons. The number of phenolic OH excluding ortho intramolecular Hbond substituents is 2. The van der Waals surface area contributed by atoms with E-state index in [1.54, 1.807) is 0 Å². The zero-order chi connectivity index (χ0) is 12.3. The molecular formula is C12H17NO3. The van der Waals surface area contributed by atoms with Crippen molar-refractivity contribution in [2.24, 2.45) is 0 Å². The van der Waals surface area contributed by atoms with E-state index in [1.807, 2.05) is 20.8 Å². The first kappa shape index (κ1) is 12.4. The number of nitrogens with one attached hydrogen (secondary N) is 1. The van der Waals surface area contributed by atoms with E-state index < -0.39 is 0 Å². The molecule has 0 heterocycles. The molecule has 0 aliphatic carbocycles. The average molecular weight is 223 g/mol. The van der Waals surface area contributed by atoms with Gasteiger partial charge >= 0.3 is 0 Å². The van der Waals surface area contributed by atoms with Crippen LogP contribution in [0.25, 0.3) is 0 Å². The first-order valence-corrected chi connectivity index (χ1v) is 5.20. The number of hydrogen-bond acceptors (Lipinski definition) is 3. The van der Waals surface area contributed by atoms with Crippen LogP contribution in [0.15, 0.2) is 18.2 Å². The Labute approximate surface area is 94.9 Å². The monoisotopic (exact) mass is 223 g/mol. The molecule has 0 atom stereocenters. The van der Waals surface area contributed by atoms with Gasteiger partial charge < -0.3 is 15.5 Å². The van der Waals surface area contributed by atoms with Crippen LogP contribution in [0.4, 0.5) is 0 Å². The van der Waals surface area contributed by atoms with Crippen LogP contribution in [0.3, 0.4) is 0 Å². The first-order valence-electron chi connectivity index (χ1n) is 5.20. The van der Waals surface area contributed by atoms with Gasteiger partial charge in [-0.25, -0.2) is 0 Å². The van der Waals surface area contributed by atoms with Gasteiger partial charge in [0.1, 0.15) is 11.5 Å². The molecule has 0 saturated carbocycles. The minimum Gasteiger partial charge on any atom is -0.508 e. The van der Waals surface area contributed by atoms with Crippen LogP contribution in [0.2, 0.25) is 0 Å². The van der Waals surface area contributed by atoms with Crippen molar-refractivity contribution >= 4 is 5.91 Å². The molecule has 4 heteroatoms. The van der Waals surface area contributed by atoms with Crippen molar-refractivity contribution < 1.29 is 15.0 Å². The Morgan fingerprint density at radius 1 is 1.38 bits per heavy atom. The molecule has 0 fully saturated rings. The number of aromatic hydroxyl groups is 2. The third kappa shape index (κ3) is 2.89. The second-order valence-corrected chi connectivity index (χ2v) is 4.39. The highest BCUT2D eigenvalue weighted by atomic mass is 16.3. The quantitative estimate of drug-likeness (QED) is 0.686. The molecule has 0 bridgehead atoms. The zero-order valence-electron chi connectivity index (χ0n) is 9.74. The normalized spacial score (nSPS) is 11.2.